The van der Waals surface area contributed by atoms with E-state index in [9.17, 15) is 9.18 Å². The summed E-state index contributed by atoms with van der Waals surface area (Å²) in [5, 5.41) is 0. The van der Waals surface area contributed by atoms with Gasteiger partial charge in [-0.15, -0.1) is 0 Å². The summed E-state index contributed by atoms with van der Waals surface area (Å²) in [6.07, 6.45) is 10.5. The van der Waals surface area contributed by atoms with Gasteiger partial charge in [0.15, 0.2) is 11.6 Å². The van der Waals surface area contributed by atoms with Crippen molar-refractivity contribution in [3.63, 3.8) is 0 Å². The first-order valence-corrected chi connectivity index (χ1v) is 11.4. The number of benzene rings is 2. The van der Waals surface area contributed by atoms with E-state index in [1.54, 1.807) is 24.3 Å². The third-order valence-electron chi connectivity index (χ3n) is 6.11. The highest BCUT2D eigenvalue weighted by Gasteiger charge is 2.20. The molecule has 0 saturated heterocycles. The van der Waals surface area contributed by atoms with E-state index in [-0.39, 0.29) is 11.3 Å². The van der Waals surface area contributed by atoms with Crippen LogP contribution in [-0.2, 0) is 0 Å². The minimum absolute atomic E-state index is 0.0854. The van der Waals surface area contributed by atoms with Gasteiger partial charge >= 0.3 is 5.97 Å². The highest BCUT2D eigenvalue weighted by molar-refractivity contribution is 5.91. The Bertz CT molecular complexity index is 826. The smallest absolute Gasteiger partial charge is 0.343 e. The molecule has 3 rings (SSSR count). The predicted octanol–water partition coefficient (Wildman–Crippen LogP) is 6.82. The number of halogens is 1. The highest BCUT2D eigenvalue weighted by Crippen LogP contribution is 2.33. The Morgan fingerprint density at radius 3 is 2.23 bits per heavy atom. The van der Waals surface area contributed by atoms with E-state index in [1.807, 2.05) is 0 Å². The van der Waals surface area contributed by atoms with Crippen molar-refractivity contribution in [3.05, 3.63) is 53.8 Å². The molecule has 0 bridgehead atoms. The van der Waals surface area contributed by atoms with Crippen LogP contribution in [0.5, 0.6) is 17.2 Å². The highest BCUT2D eigenvalue weighted by atomic mass is 19.1. The van der Waals surface area contributed by atoms with Gasteiger partial charge in [-0.1, -0.05) is 45.4 Å². The molecule has 1 aliphatic carbocycles. The molecule has 0 aromatic heterocycles. The van der Waals surface area contributed by atoms with Gasteiger partial charge in [-0.05, 0) is 67.1 Å². The number of hydrogen-bond donors (Lipinski definition) is 0. The zero-order chi connectivity index (χ0) is 22.1. The summed E-state index contributed by atoms with van der Waals surface area (Å²) in [7, 11) is 1.37. The molecule has 2 aromatic carbocycles. The Balaban J connectivity index is 1.38. The van der Waals surface area contributed by atoms with Gasteiger partial charge in [-0.3, -0.25) is 0 Å². The number of hydrogen-bond acceptors (Lipinski definition) is 4. The maximum atomic E-state index is 13.8. The number of carbonyl (C=O) groups excluding carboxylic acids is 1. The van der Waals surface area contributed by atoms with Crippen LogP contribution in [0, 0.1) is 17.7 Å². The monoisotopic (exact) mass is 428 g/mol. The lowest BCUT2D eigenvalue weighted by molar-refractivity contribution is 0.0734. The van der Waals surface area contributed by atoms with Crippen LogP contribution >= 0.6 is 0 Å². The van der Waals surface area contributed by atoms with Crippen LogP contribution < -0.4 is 14.2 Å². The Hall–Kier alpha value is -2.56. The van der Waals surface area contributed by atoms with Crippen LogP contribution in [0.25, 0.3) is 0 Å². The quantitative estimate of drug-likeness (QED) is 0.237. The molecule has 0 heterocycles. The Kier molecular flexibility index (Phi) is 8.74. The van der Waals surface area contributed by atoms with Crippen molar-refractivity contribution < 1.29 is 23.4 Å². The molecule has 1 aliphatic rings. The number of esters is 1. The summed E-state index contributed by atoms with van der Waals surface area (Å²) in [6, 6.07) is 10.9. The number of rotatable bonds is 10. The summed E-state index contributed by atoms with van der Waals surface area (Å²) >= 11 is 0. The Labute approximate surface area is 184 Å². The molecule has 1 fully saturated rings. The van der Waals surface area contributed by atoms with E-state index in [1.165, 1.54) is 64.2 Å². The first-order chi connectivity index (χ1) is 15.1. The fourth-order valence-electron chi connectivity index (χ4n) is 4.34. The van der Waals surface area contributed by atoms with Crippen LogP contribution in [0.2, 0.25) is 0 Å². The van der Waals surface area contributed by atoms with Gasteiger partial charge in [0.25, 0.3) is 0 Å². The van der Waals surface area contributed by atoms with Crippen LogP contribution in [-0.4, -0.2) is 19.7 Å². The summed E-state index contributed by atoms with van der Waals surface area (Å²) in [6.45, 7) is 2.97. The van der Waals surface area contributed by atoms with E-state index in [2.05, 4.69) is 6.92 Å². The van der Waals surface area contributed by atoms with E-state index < -0.39 is 11.8 Å². The van der Waals surface area contributed by atoms with Crippen molar-refractivity contribution in [1.82, 2.24) is 0 Å². The molecule has 4 nitrogen and oxygen atoms in total. The van der Waals surface area contributed by atoms with Crippen molar-refractivity contribution in [1.29, 1.82) is 0 Å². The van der Waals surface area contributed by atoms with Crippen LogP contribution in [0.1, 0.15) is 68.6 Å². The predicted molar refractivity (Wildman–Crippen MR) is 119 cm³/mol. The minimum atomic E-state index is -0.621. The molecule has 0 N–H and O–H groups in total. The van der Waals surface area contributed by atoms with Gasteiger partial charge < -0.3 is 14.2 Å². The van der Waals surface area contributed by atoms with Gasteiger partial charge in [-0.25, -0.2) is 9.18 Å². The zero-order valence-electron chi connectivity index (χ0n) is 18.6. The normalized spacial score (nSPS) is 18.4. The molecule has 0 spiro atoms. The second-order valence-electron chi connectivity index (χ2n) is 8.38. The Morgan fingerprint density at radius 2 is 1.61 bits per heavy atom. The molecule has 2 aromatic rings. The molecule has 5 heteroatoms. The van der Waals surface area contributed by atoms with Crippen molar-refractivity contribution in [2.45, 2.75) is 58.3 Å². The molecule has 0 radical (unpaired) electrons. The summed E-state index contributed by atoms with van der Waals surface area (Å²) < 4.78 is 29.8. The minimum Gasteiger partial charge on any atom is -0.494 e. The lowest BCUT2D eigenvalue weighted by Crippen LogP contribution is -2.15. The fraction of sp³-hybridized carbons (Fsp3) is 0.500. The number of ether oxygens (including phenoxy) is 3. The van der Waals surface area contributed by atoms with Gasteiger partial charge in [0, 0.05) is 0 Å². The summed E-state index contributed by atoms with van der Waals surface area (Å²) in [4.78, 5) is 12.2. The third-order valence-corrected chi connectivity index (χ3v) is 6.11. The van der Waals surface area contributed by atoms with Gasteiger partial charge in [-0.2, -0.15) is 0 Å². The Morgan fingerprint density at radius 1 is 0.968 bits per heavy atom. The van der Waals surface area contributed by atoms with Crippen molar-refractivity contribution in [3.8, 4) is 17.2 Å². The second-order valence-corrected chi connectivity index (χ2v) is 8.38. The van der Waals surface area contributed by atoms with Crippen molar-refractivity contribution in [2.75, 3.05) is 13.7 Å². The molecule has 31 heavy (non-hydrogen) atoms. The van der Waals surface area contributed by atoms with Gasteiger partial charge in [0.1, 0.15) is 11.5 Å². The van der Waals surface area contributed by atoms with E-state index in [0.717, 1.165) is 30.1 Å². The molecular formula is C26H33FO4. The van der Waals surface area contributed by atoms with E-state index in [0.29, 0.717) is 12.4 Å². The van der Waals surface area contributed by atoms with E-state index in [4.69, 9.17) is 14.2 Å². The summed E-state index contributed by atoms with van der Waals surface area (Å²) in [5.41, 5.74) is 0.127. The molecular weight excluding hydrogens is 395 g/mol. The van der Waals surface area contributed by atoms with Gasteiger partial charge in [0.05, 0.1) is 19.3 Å². The largest absolute Gasteiger partial charge is 0.494 e. The third kappa shape index (κ3) is 6.98. The zero-order valence-corrected chi connectivity index (χ0v) is 18.6. The van der Waals surface area contributed by atoms with Crippen molar-refractivity contribution in [2.24, 2.45) is 11.8 Å². The summed E-state index contributed by atoms with van der Waals surface area (Å²) in [5.74, 6) is 1.80. The van der Waals surface area contributed by atoms with Crippen molar-refractivity contribution >= 4 is 5.97 Å². The van der Waals surface area contributed by atoms with Gasteiger partial charge in [0.2, 0.25) is 0 Å². The van der Waals surface area contributed by atoms with Crippen LogP contribution in [0.15, 0.2) is 42.5 Å². The average molecular weight is 429 g/mol. The average Bonchev–Trinajstić information content (AvgIpc) is 2.79. The fourth-order valence-corrected chi connectivity index (χ4v) is 4.34. The van der Waals surface area contributed by atoms with Crippen LogP contribution in [0.4, 0.5) is 4.39 Å². The number of methoxy groups -OCH3 is 1. The second kappa shape index (κ2) is 11.7. The first kappa shape index (κ1) is 23.1. The molecule has 0 amide bonds. The molecule has 0 aliphatic heterocycles. The molecule has 0 atom stereocenters. The lowest BCUT2D eigenvalue weighted by Gasteiger charge is -2.28. The lowest BCUT2D eigenvalue weighted by atomic mass is 9.78. The SMILES string of the molecule is CCCC1CCC(CCCOc2ccc(OC(=O)c3ccc(OC)c(F)c3)cc2)CC1. The standard InChI is InChI=1S/C26H33FO4/c1-3-5-19-7-9-20(10-8-19)6-4-17-30-22-12-14-23(15-13-22)31-26(28)21-11-16-25(29-2)24(27)18-21/h11-16,18-20H,3-10,17H2,1-2H3. The van der Waals surface area contributed by atoms with E-state index >= 15 is 0 Å². The topological polar surface area (TPSA) is 44.8 Å². The maximum Gasteiger partial charge on any atom is 0.343 e. The number of carbonyl (C=O) groups is 1. The molecule has 1 saturated carbocycles. The molecule has 168 valence electrons. The van der Waals surface area contributed by atoms with Crippen LogP contribution in [0.3, 0.4) is 0 Å². The maximum absolute atomic E-state index is 13.8. The first-order valence-electron chi connectivity index (χ1n) is 11.4. The molecule has 0 unspecified atom stereocenters.